The van der Waals surface area contributed by atoms with Crippen molar-refractivity contribution in [1.82, 2.24) is 24.2 Å². The quantitative estimate of drug-likeness (QED) is 0.0930. The molecule has 4 heterocycles. The maximum atomic E-state index is 13.0. The van der Waals surface area contributed by atoms with Gasteiger partial charge in [0.2, 0.25) is 12.0 Å². The number of nitrogens with zero attached hydrogens (tertiary/aromatic N) is 5. The van der Waals surface area contributed by atoms with Gasteiger partial charge in [-0.15, -0.1) is 0 Å². The number of carbonyl (C=O) groups is 1. The minimum atomic E-state index is -1.34. The van der Waals surface area contributed by atoms with Gasteiger partial charge in [-0.05, 0) is 77.6 Å². The molecule has 1 saturated heterocycles. The molecule has 0 radical (unpaired) electrons. The van der Waals surface area contributed by atoms with E-state index in [1.165, 1.54) is 11.5 Å². The van der Waals surface area contributed by atoms with Crippen LogP contribution in [0.4, 0.5) is 0 Å². The van der Waals surface area contributed by atoms with Gasteiger partial charge in [0, 0.05) is 49.6 Å². The van der Waals surface area contributed by atoms with Crippen molar-refractivity contribution in [1.29, 1.82) is 0 Å². The molecule has 1 fully saturated rings. The van der Waals surface area contributed by atoms with Gasteiger partial charge in [0.1, 0.15) is 36.2 Å². The van der Waals surface area contributed by atoms with Crippen LogP contribution in [0.3, 0.4) is 0 Å². The topological polar surface area (TPSA) is 147 Å². The van der Waals surface area contributed by atoms with Gasteiger partial charge in [-0.2, -0.15) is 4.37 Å². The molecule has 0 spiro atoms. The molecule has 13 nitrogen and oxygen atoms in total. The van der Waals surface area contributed by atoms with E-state index >= 15 is 0 Å². The fourth-order valence-corrected chi connectivity index (χ4v) is 8.23. The molecule has 0 amide bonds. The van der Waals surface area contributed by atoms with Crippen LogP contribution < -0.4 is 23.7 Å². The summed E-state index contributed by atoms with van der Waals surface area (Å²) in [7, 11) is 3.21. The smallest absolute Gasteiger partial charge is 0.345 e. The van der Waals surface area contributed by atoms with E-state index in [0.717, 1.165) is 41.9 Å². The normalized spacial score (nSPS) is 13.4. The summed E-state index contributed by atoms with van der Waals surface area (Å²) in [6.07, 6.45) is 2.03. The van der Waals surface area contributed by atoms with E-state index in [1.54, 1.807) is 38.7 Å². The third-order valence-electron chi connectivity index (χ3n) is 10.6. The van der Waals surface area contributed by atoms with Crippen LogP contribution in [-0.4, -0.2) is 95.1 Å². The molecule has 1 atom stereocenters. The predicted octanol–water partition coefficient (Wildman–Crippen LogP) is 8.83. The number of aromatic nitrogens is 4. The van der Waals surface area contributed by atoms with Crippen LogP contribution in [0.15, 0.2) is 103 Å². The summed E-state index contributed by atoms with van der Waals surface area (Å²) in [5, 5.41) is 11.7. The average Bonchev–Trinajstić information content (AvgIpc) is 3.72. The van der Waals surface area contributed by atoms with E-state index in [4.69, 9.17) is 50.0 Å². The fraction of sp³-hybridized carbons (Fsp3) is 0.255. The Kier molecular flexibility index (Phi) is 13.4. The van der Waals surface area contributed by atoms with Crippen molar-refractivity contribution >= 4 is 39.2 Å². The van der Waals surface area contributed by atoms with Gasteiger partial charge in [0.05, 0.1) is 59.5 Å². The molecule has 8 rings (SSSR count). The van der Waals surface area contributed by atoms with Crippen molar-refractivity contribution in [2.45, 2.75) is 26.1 Å². The lowest BCUT2D eigenvalue weighted by Gasteiger charge is -2.26. The first-order valence-corrected chi connectivity index (χ1v) is 21.2. The number of aliphatic carboxylic acids is 1. The van der Waals surface area contributed by atoms with E-state index < -0.39 is 12.1 Å². The van der Waals surface area contributed by atoms with Crippen molar-refractivity contribution in [3.8, 4) is 62.7 Å². The molecular weight excluding hydrogens is 830 g/mol. The summed E-state index contributed by atoms with van der Waals surface area (Å²) in [5.74, 6) is 1.84. The highest BCUT2D eigenvalue weighted by Crippen LogP contribution is 2.46. The van der Waals surface area contributed by atoms with E-state index in [-0.39, 0.29) is 18.9 Å². The molecule has 0 unspecified atom stereocenters. The third-order valence-corrected chi connectivity index (χ3v) is 11.8. The molecule has 1 aliphatic rings. The number of methoxy groups -OCH3 is 2. The highest BCUT2D eigenvalue weighted by Gasteiger charge is 2.28. The lowest BCUT2D eigenvalue weighted by atomic mass is 9.93. The number of para-hydroxylation sites is 2. The Hall–Kier alpha value is -6.32. The van der Waals surface area contributed by atoms with Gasteiger partial charge in [0.15, 0.2) is 5.82 Å². The Balaban J connectivity index is 1.10. The number of carboxylic acids is 1. The van der Waals surface area contributed by atoms with E-state index in [1.807, 2.05) is 85.8 Å². The maximum absolute atomic E-state index is 13.0. The van der Waals surface area contributed by atoms with E-state index in [2.05, 4.69) is 14.3 Å². The van der Waals surface area contributed by atoms with Crippen molar-refractivity contribution in [2.24, 2.45) is 0 Å². The van der Waals surface area contributed by atoms with Crippen LogP contribution in [0.2, 0.25) is 5.02 Å². The monoisotopic (exact) mass is 873 g/mol. The zero-order valence-electron chi connectivity index (χ0n) is 34.4. The second kappa shape index (κ2) is 19.6. The van der Waals surface area contributed by atoms with Crippen molar-refractivity contribution in [3.05, 3.63) is 125 Å². The van der Waals surface area contributed by atoms with Crippen molar-refractivity contribution < 1.29 is 38.3 Å². The number of hydrogen-bond donors (Lipinski definition) is 1. The van der Waals surface area contributed by atoms with Gasteiger partial charge in [-0.25, -0.2) is 14.8 Å². The van der Waals surface area contributed by atoms with Crippen molar-refractivity contribution in [2.75, 3.05) is 53.7 Å². The van der Waals surface area contributed by atoms with E-state index in [9.17, 15) is 9.90 Å². The molecule has 4 aromatic carbocycles. The first kappa shape index (κ1) is 42.4. The molecule has 3 aromatic heterocycles. The minimum Gasteiger partial charge on any atom is -0.497 e. The number of benzene rings is 4. The number of ether oxygens (including phenoxy) is 6. The van der Waals surface area contributed by atoms with Crippen LogP contribution in [0.1, 0.15) is 16.8 Å². The zero-order chi connectivity index (χ0) is 43.0. The van der Waals surface area contributed by atoms with Gasteiger partial charge < -0.3 is 33.5 Å². The summed E-state index contributed by atoms with van der Waals surface area (Å²) < 4.78 is 40.9. The Morgan fingerprint density at radius 1 is 0.903 bits per heavy atom. The SMILES string of the molecule is COc1cccc(-c2ncc3snc(O[C@H](Cc4ccccc4OCc4ccnc(-c5ccccc5OC)n4)C(=O)O)c3c2-c2ccc(OCCN3CCOCC3)c(Cl)c2C)c1. The molecule has 0 saturated carbocycles. The first-order valence-electron chi connectivity index (χ1n) is 20.0. The Bertz CT molecular complexity index is 2690. The summed E-state index contributed by atoms with van der Waals surface area (Å²) >= 11 is 8.25. The summed E-state index contributed by atoms with van der Waals surface area (Å²) in [4.78, 5) is 29.4. The van der Waals surface area contributed by atoms with Crippen LogP contribution >= 0.6 is 23.1 Å². The summed E-state index contributed by atoms with van der Waals surface area (Å²) in [5.41, 5.74) is 5.61. The number of halogens is 1. The second-order valence-electron chi connectivity index (χ2n) is 14.4. The number of rotatable bonds is 17. The number of pyridine rings is 1. The summed E-state index contributed by atoms with van der Waals surface area (Å²) in [6, 6.07) is 28.0. The highest BCUT2D eigenvalue weighted by molar-refractivity contribution is 7.13. The third kappa shape index (κ3) is 9.43. The number of carboxylic acid groups (broad SMARTS) is 1. The van der Waals surface area contributed by atoms with E-state index in [0.29, 0.717) is 86.3 Å². The molecule has 1 N–H and O–H groups in total. The highest BCUT2D eigenvalue weighted by atomic mass is 35.5. The maximum Gasteiger partial charge on any atom is 0.345 e. The molecular formula is C47H44ClN5O8S. The Morgan fingerprint density at radius 3 is 2.52 bits per heavy atom. The van der Waals surface area contributed by atoms with Crippen LogP contribution in [0.25, 0.3) is 43.9 Å². The first-order chi connectivity index (χ1) is 30.3. The van der Waals surface area contributed by atoms with Crippen molar-refractivity contribution in [3.63, 3.8) is 0 Å². The molecule has 318 valence electrons. The van der Waals surface area contributed by atoms with Gasteiger partial charge in [0.25, 0.3) is 0 Å². The lowest BCUT2D eigenvalue weighted by Crippen LogP contribution is -2.38. The van der Waals surface area contributed by atoms with Gasteiger partial charge in [-0.3, -0.25) is 9.88 Å². The number of hydrogen-bond acceptors (Lipinski definition) is 13. The largest absolute Gasteiger partial charge is 0.497 e. The summed E-state index contributed by atoms with van der Waals surface area (Å²) in [6.45, 7) is 6.39. The number of fused-ring (bicyclic) bond motifs is 1. The zero-order valence-corrected chi connectivity index (χ0v) is 35.9. The number of morpholine rings is 1. The fourth-order valence-electron chi connectivity index (χ4n) is 7.31. The Labute approximate surface area is 367 Å². The lowest BCUT2D eigenvalue weighted by molar-refractivity contribution is -0.145. The molecule has 0 aliphatic carbocycles. The average molecular weight is 874 g/mol. The van der Waals surface area contributed by atoms with Crippen LogP contribution in [-0.2, 0) is 22.6 Å². The van der Waals surface area contributed by atoms with Gasteiger partial charge >= 0.3 is 5.97 Å². The minimum absolute atomic E-state index is 0.0226. The second-order valence-corrected chi connectivity index (χ2v) is 15.6. The molecule has 62 heavy (non-hydrogen) atoms. The standard InChI is InChI=1S/C47H44ClN5O8S/c1-29-34(15-16-38(43(29)48)59-24-21-53-19-22-58-23-20-53)41-42-40(27-50-44(41)31-10-8-11-33(25-31)56-2)62-52-46(42)61-39(47(54)55)26-30-9-4-6-13-36(30)60-28-32-17-18-49-45(51-32)35-12-5-7-14-37(35)57-3/h4-18,25,27,39H,19-24,26,28H2,1-3H3,(H,54,55)/t39-/m1/s1. The Morgan fingerprint density at radius 2 is 1.71 bits per heavy atom. The predicted molar refractivity (Wildman–Crippen MR) is 238 cm³/mol. The van der Waals surface area contributed by atoms with Crippen LogP contribution in [0.5, 0.6) is 28.9 Å². The molecule has 7 aromatic rings. The molecule has 1 aliphatic heterocycles. The van der Waals surface area contributed by atoms with Gasteiger partial charge in [-0.1, -0.05) is 60.1 Å². The molecule has 15 heteroatoms. The molecule has 0 bridgehead atoms. The van der Waals surface area contributed by atoms with Crippen LogP contribution in [0, 0.1) is 6.92 Å².